The summed E-state index contributed by atoms with van der Waals surface area (Å²) in [4.78, 5) is 24.3. The molecule has 0 saturated carbocycles. The third-order valence-electron chi connectivity index (χ3n) is 4.40. The Balaban J connectivity index is 1.79. The molecule has 34 heavy (non-hydrogen) atoms. The van der Waals surface area contributed by atoms with Gasteiger partial charge in [0.15, 0.2) is 0 Å². The first-order valence-corrected chi connectivity index (χ1v) is 9.38. The molecule has 3 amide bonds. The van der Waals surface area contributed by atoms with Crippen molar-refractivity contribution in [2.24, 2.45) is 0 Å². The van der Waals surface area contributed by atoms with Crippen molar-refractivity contribution in [1.29, 1.82) is 0 Å². The zero-order valence-corrected chi connectivity index (χ0v) is 16.8. The highest BCUT2D eigenvalue weighted by Gasteiger charge is 2.34. The van der Waals surface area contributed by atoms with E-state index in [-0.39, 0.29) is 16.9 Å². The lowest BCUT2D eigenvalue weighted by Crippen LogP contribution is -2.21. The monoisotopic (exact) mass is 485 g/mol. The molecule has 0 saturated heterocycles. The first-order chi connectivity index (χ1) is 15.9. The quantitative estimate of drug-likeness (QED) is 0.347. The number of rotatable bonds is 5. The van der Waals surface area contributed by atoms with Crippen LogP contribution in [0.15, 0.2) is 60.7 Å². The fourth-order valence-corrected chi connectivity index (χ4v) is 2.87. The van der Waals surface area contributed by atoms with Gasteiger partial charge in [0.05, 0.1) is 16.8 Å². The molecule has 0 aliphatic carbocycles. The molecule has 3 N–H and O–H groups in total. The number of halogens is 7. The predicted molar refractivity (Wildman–Crippen MR) is 110 cm³/mol. The number of benzene rings is 3. The number of carbonyl (C=O) groups is 2. The molecule has 3 aromatic carbocycles. The molecule has 0 aromatic heterocycles. The summed E-state index contributed by atoms with van der Waals surface area (Å²) < 4.78 is 92.9. The van der Waals surface area contributed by atoms with E-state index in [9.17, 15) is 40.3 Å². The van der Waals surface area contributed by atoms with Crippen LogP contribution in [0, 0.1) is 11.6 Å². The summed E-state index contributed by atoms with van der Waals surface area (Å²) in [5, 5.41) is 6.25. The summed E-state index contributed by atoms with van der Waals surface area (Å²) in [5.41, 5.74) is -3.49. The van der Waals surface area contributed by atoms with Crippen molar-refractivity contribution in [2.45, 2.75) is 12.6 Å². The van der Waals surface area contributed by atoms with Gasteiger partial charge in [-0.1, -0.05) is 12.1 Å². The van der Waals surface area contributed by atoms with Crippen molar-refractivity contribution in [3.63, 3.8) is 0 Å². The van der Waals surface area contributed by atoms with Gasteiger partial charge in [-0.25, -0.2) is 22.4 Å². The third kappa shape index (κ3) is 6.03. The molecule has 5 nitrogen and oxygen atoms in total. The van der Waals surface area contributed by atoms with Gasteiger partial charge in [-0.15, -0.1) is 0 Å². The summed E-state index contributed by atoms with van der Waals surface area (Å²) in [5.74, 6) is -3.49. The first-order valence-electron chi connectivity index (χ1n) is 9.38. The Labute approximate surface area is 187 Å². The summed E-state index contributed by atoms with van der Waals surface area (Å²) in [7, 11) is 0. The minimum Gasteiger partial charge on any atom is -0.321 e. The van der Waals surface area contributed by atoms with Crippen LogP contribution in [0.3, 0.4) is 0 Å². The second-order valence-corrected chi connectivity index (χ2v) is 6.84. The van der Waals surface area contributed by atoms with E-state index in [1.165, 1.54) is 12.1 Å². The first kappa shape index (κ1) is 24.6. The van der Waals surface area contributed by atoms with Crippen LogP contribution in [-0.4, -0.2) is 11.9 Å². The zero-order chi connectivity index (χ0) is 25.0. The molecule has 0 heterocycles. The Morgan fingerprint density at radius 3 is 2.09 bits per heavy atom. The summed E-state index contributed by atoms with van der Waals surface area (Å²) in [6.45, 7) is 0. The maximum atomic E-state index is 13.8. The maximum Gasteiger partial charge on any atom is 0.418 e. The van der Waals surface area contributed by atoms with E-state index < -0.39 is 53.0 Å². The van der Waals surface area contributed by atoms with Gasteiger partial charge >= 0.3 is 12.2 Å². The lowest BCUT2D eigenvalue weighted by molar-refractivity contribution is -0.136. The standard InChI is InChI=1S/C22H14F7N3O2/c23-12-4-6-15(17(24)9-12)20(33)32-18-7-5-14(10-16(18)22(27,28)29)31-21(34)30-13-3-1-2-11(8-13)19(25)26/h1-10,19H,(H,32,33)(H2,30,31,34). The highest BCUT2D eigenvalue weighted by Crippen LogP contribution is 2.37. The number of hydrogen-bond acceptors (Lipinski definition) is 2. The fourth-order valence-electron chi connectivity index (χ4n) is 2.87. The molecule has 0 unspecified atom stereocenters. The topological polar surface area (TPSA) is 70.2 Å². The van der Waals surface area contributed by atoms with Crippen LogP contribution in [0.1, 0.15) is 27.9 Å². The smallest absolute Gasteiger partial charge is 0.321 e. The molecule has 0 aliphatic rings. The van der Waals surface area contributed by atoms with E-state index in [0.29, 0.717) is 12.1 Å². The van der Waals surface area contributed by atoms with Crippen molar-refractivity contribution >= 4 is 29.0 Å². The number of urea groups is 1. The summed E-state index contributed by atoms with van der Waals surface area (Å²) >= 11 is 0. The highest BCUT2D eigenvalue weighted by atomic mass is 19.4. The Hall–Kier alpha value is -4.09. The largest absolute Gasteiger partial charge is 0.418 e. The van der Waals surface area contributed by atoms with Gasteiger partial charge in [-0.2, -0.15) is 13.2 Å². The van der Waals surface area contributed by atoms with E-state index in [2.05, 4.69) is 10.6 Å². The van der Waals surface area contributed by atoms with Crippen LogP contribution in [-0.2, 0) is 6.18 Å². The van der Waals surface area contributed by atoms with Crippen LogP contribution in [0.4, 0.5) is 52.6 Å². The molecule has 0 spiro atoms. The number of alkyl halides is 5. The Morgan fingerprint density at radius 1 is 0.794 bits per heavy atom. The number of nitrogens with one attached hydrogen (secondary N) is 3. The number of carbonyl (C=O) groups excluding carboxylic acids is 2. The molecule has 3 rings (SSSR count). The molecule has 0 aliphatic heterocycles. The predicted octanol–water partition coefficient (Wildman–Crippen LogP) is 6.82. The molecule has 0 radical (unpaired) electrons. The second-order valence-electron chi connectivity index (χ2n) is 6.84. The number of hydrogen-bond donors (Lipinski definition) is 3. The van der Waals surface area contributed by atoms with Crippen molar-refractivity contribution in [1.82, 2.24) is 0 Å². The maximum absolute atomic E-state index is 13.8. The average molecular weight is 485 g/mol. The molecular formula is C22H14F7N3O2. The molecule has 12 heteroatoms. The van der Waals surface area contributed by atoms with Crippen molar-refractivity contribution in [3.8, 4) is 0 Å². The van der Waals surface area contributed by atoms with Crippen molar-refractivity contribution < 1.29 is 40.3 Å². The normalized spacial score (nSPS) is 11.3. The molecule has 0 bridgehead atoms. The Bertz CT molecular complexity index is 1230. The fraction of sp³-hybridized carbons (Fsp3) is 0.0909. The Kier molecular flexibility index (Phi) is 7.08. The van der Waals surface area contributed by atoms with Crippen LogP contribution in [0.25, 0.3) is 0 Å². The van der Waals surface area contributed by atoms with Gasteiger partial charge in [0.2, 0.25) is 0 Å². The third-order valence-corrected chi connectivity index (χ3v) is 4.40. The van der Waals surface area contributed by atoms with Gasteiger partial charge in [0.25, 0.3) is 12.3 Å². The van der Waals surface area contributed by atoms with E-state index >= 15 is 0 Å². The van der Waals surface area contributed by atoms with Crippen LogP contribution < -0.4 is 16.0 Å². The average Bonchev–Trinajstić information content (AvgIpc) is 2.74. The van der Waals surface area contributed by atoms with Crippen LogP contribution >= 0.6 is 0 Å². The Morgan fingerprint density at radius 2 is 1.47 bits per heavy atom. The molecular weight excluding hydrogens is 471 g/mol. The minimum absolute atomic E-state index is 0.0171. The molecule has 178 valence electrons. The molecule has 3 aromatic rings. The van der Waals surface area contributed by atoms with Crippen LogP contribution in [0.2, 0.25) is 0 Å². The van der Waals surface area contributed by atoms with Gasteiger partial charge in [-0.3, -0.25) is 4.79 Å². The van der Waals surface area contributed by atoms with E-state index in [1.54, 1.807) is 0 Å². The van der Waals surface area contributed by atoms with Crippen molar-refractivity contribution in [2.75, 3.05) is 16.0 Å². The van der Waals surface area contributed by atoms with Gasteiger partial charge in [0.1, 0.15) is 11.6 Å². The zero-order valence-electron chi connectivity index (χ0n) is 16.8. The SMILES string of the molecule is O=C(Nc1cccc(C(F)F)c1)Nc1ccc(NC(=O)c2ccc(F)cc2F)c(C(F)(F)F)c1. The van der Waals surface area contributed by atoms with Crippen molar-refractivity contribution in [3.05, 3.63) is 89.0 Å². The number of anilines is 3. The lowest BCUT2D eigenvalue weighted by atomic mass is 10.1. The highest BCUT2D eigenvalue weighted by molar-refractivity contribution is 6.05. The molecule has 0 atom stereocenters. The second kappa shape index (κ2) is 9.81. The minimum atomic E-state index is -4.98. The number of amides is 3. The van der Waals surface area contributed by atoms with E-state index in [4.69, 9.17) is 0 Å². The van der Waals surface area contributed by atoms with Gasteiger partial charge in [0, 0.05) is 23.0 Å². The van der Waals surface area contributed by atoms with E-state index in [0.717, 1.165) is 36.4 Å². The van der Waals surface area contributed by atoms with E-state index in [1.807, 2.05) is 5.32 Å². The van der Waals surface area contributed by atoms with Crippen LogP contribution in [0.5, 0.6) is 0 Å². The lowest BCUT2D eigenvalue weighted by Gasteiger charge is -2.16. The van der Waals surface area contributed by atoms with Gasteiger partial charge < -0.3 is 16.0 Å². The molecule has 0 fully saturated rings. The van der Waals surface area contributed by atoms with Gasteiger partial charge in [-0.05, 0) is 42.5 Å². The summed E-state index contributed by atoms with van der Waals surface area (Å²) in [6.07, 6.45) is -7.77. The summed E-state index contributed by atoms with van der Waals surface area (Å²) in [6, 6.07) is 8.02.